The number of aliphatic hydroxyl groups excluding tert-OH is 1. The molecule has 2 N–H and O–H groups in total. The molecule has 0 fully saturated rings. The van der Waals surface area contributed by atoms with Gasteiger partial charge in [0.05, 0.1) is 6.61 Å². The minimum Gasteiger partial charge on any atom is -0.394 e. The van der Waals surface area contributed by atoms with E-state index in [0.717, 1.165) is 6.29 Å². The van der Waals surface area contributed by atoms with Crippen LogP contribution in [0.2, 0.25) is 0 Å². The Morgan fingerprint density at radius 1 is 1.41 bits per heavy atom. The molecular weight excluding hydrogens is 282 g/mol. The van der Waals surface area contributed by atoms with E-state index in [1.54, 1.807) is 24.3 Å². The monoisotopic (exact) mass is 301 g/mol. The second kappa shape index (κ2) is 9.48. The number of unbranched alkanes of at least 4 members (excludes halogenated alkanes) is 2. The number of ketones is 1. The lowest BCUT2D eigenvalue weighted by molar-refractivity contribution is -0.119. The van der Waals surface area contributed by atoms with Crippen LogP contribution >= 0.6 is 0 Å². The van der Waals surface area contributed by atoms with Crippen LogP contribution in [0.3, 0.4) is 0 Å². The summed E-state index contributed by atoms with van der Waals surface area (Å²) in [6.07, 6.45) is 2.68. The van der Waals surface area contributed by atoms with Gasteiger partial charge < -0.3 is 15.2 Å². The summed E-state index contributed by atoms with van der Waals surface area (Å²) in [6, 6.07) is 5.81. The van der Waals surface area contributed by atoms with Crippen LogP contribution in [0.25, 0.3) is 0 Å². The number of aldehydes is 1. The van der Waals surface area contributed by atoms with E-state index in [-0.39, 0.29) is 5.78 Å². The second-order valence-electron chi connectivity index (χ2n) is 4.76. The third kappa shape index (κ3) is 5.90. The topological polar surface area (TPSA) is 83.5 Å². The van der Waals surface area contributed by atoms with Crippen LogP contribution in [0.15, 0.2) is 24.3 Å². The molecule has 1 atom stereocenters. The summed E-state index contributed by atoms with van der Waals surface area (Å²) in [5, 5.41) is 11.5. The SMILES string of the molecule is CC(=O)[C@H](CO)NC(=O)c1cccc(C#CCCCC=O)c1. The number of benzene rings is 1. The molecule has 0 aliphatic carbocycles. The molecule has 5 nitrogen and oxygen atoms in total. The van der Waals surface area contributed by atoms with Crippen molar-refractivity contribution in [2.75, 3.05) is 6.61 Å². The maximum atomic E-state index is 12.0. The molecule has 5 heteroatoms. The van der Waals surface area contributed by atoms with Gasteiger partial charge in [-0.15, -0.1) is 0 Å². The van der Waals surface area contributed by atoms with Gasteiger partial charge in [0, 0.05) is 24.0 Å². The van der Waals surface area contributed by atoms with Gasteiger partial charge in [0.15, 0.2) is 5.78 Å². The molecular formula is C17H19NO4. The Kier molecular flexibility index (Phi) is 7.58. The molecule has 0 saturated heterocycles. The second-order valence-corrected chi connectivity index (χ2v) is 4.76. The molecule has 116 valence electrons. The molecule has 1 rings (SSSR count). The molecule has 22 heavy (non-hydrogen) atoms. The predicted octanol–water partition coefficient (Wildman–Crippen LogP) is 1.09. The maximum Gasteiger partial charge on any atom is 0.251 e. The molecule has 0 unspecified atom stereocenters. The van der Waals surface area contributed by atoms with Crippen LogP contribution in [0.5, 0.6) is 0 Å². The Morgan fingerprint density at radius 3 is 2.82 bits per heavy atom. The quantitative estimate of drug-likeness (QED) is 0.448. The van der Waals surface area contributed by atoms with Crippen molar-refractivity contribution < 1.29 is 19.5 Å². The fraction of sp³-hybridized carbons (Fsp3) is 0.353. The molecule has 0 aliphatic heterocycles. The van der Waals surface area contributed by atoms with Crippen LogP contribution in [0.4, 0.5) is 0 Å². The Labute approximate surface area is 129 Å². The zero-order valence-corrected chi connectivity index (χ0v) is 12.5. The molecule has 1 aromatic carbocycles. The molecule has 0 bridgehead atoms. The average molecular weight is 301 g/mol. The van der Waals surface area contributed by atoms with E-state index in [9.17, 15) is 14.4 Å². The van der Waals surface area contributed by atoms with E-state index in [1.807, 2.05) is 0 Å². The van der Waals surface area contributed by atoms with Crippen molar-refractivity contribution in [2.45, 2.75) is 32.2 Å². The van der Waals surface area contributed by atoms with Gasteiger partial charge in [-0.2, -0.15) is 0 Å². The van der Waals surface area contributed by atoms with Gasteiger partial charge in [0.2, 0.25) is 0 Å². The molecule has 1 aromatic rings. The lowest BCUT2D eigenvalue weighted by Gasteiger charge is -2.12. The number of aliphatic hydroxyl groups is 1. The first-order valence-electron chi connectivity index (χ1n) is 7.03. The molecule has 0 heterocycles. The number of rotatable bonds is 7. The first-order chi connectivity index (χ1) is 10.6. The number of nitrogens with one attached hydrogen (secondary N) is 1. The normalized spacial score (nSPS) is 11.0. The summed E-state index contributed by atoms with van der Waals surface area (Å²) in [5.74, 6) is 5.13. The number of carbonyl (C=O) groups excluding carboxylic acids is 3. The first-order valence-corrected chi connectivity index (χ1v) is 7.03. The summed E-state index contributed by atoms with van der Waals surface area (Å²) >= 11 is 0. The average Bonchev–Trinajstić information content (AvgIpc) is 2.52. The van der Waals surface area contributed by atoms with E-state index >= 15 is 0 Å². The highest BCUT2D eigenvalue weighted by Gasteiger charge is 2.16. The summed E-state index contributed by atoms with van der Waals surface area (Å²) in [5.41, 5.74) is 1.06. The predicted molar refractivity (Wildman–Crippen MR) is 82.3 cm³/mol. The highest BCUT2D eigenvalue weighted by Crippen LogP contribution is 2.05. The van der Waals surface area contributed by atoms with Crippen LogP contribution < -0.4 is 5.32 Å². The zero-order chi connectivity index (χ0) is 16.4. The first kappa shape index (κ1) is 17.6. The molecule has 0 saturated carbocycles. The molecule has 0 radical (unpaired) electrons. The largest absolute Gasteiger partial charge is 0.394 e. The van der Waals surface area contributed by atoms with Crippen molar-refractivity contribution in [3.8, 4) is 11.8 Å². The summed E-state index contributed by atoms with van der Waals surface area (Å²) < 4.78 is 0. The standard InChI is InChI=1S/C17H19NO4/c1-13(21)16(12-20)18-17(22)15-9-6-8-14(11-15)7-4-2-3-5-10-19/h6,8-11,16,20H,2-3,5,12H2,1H3,(H,18,22)/t16-/m0/s1. The van der Waals surface area contributed by atoms with Crippen molar-refractivity contribution in [2.24, 2.45) is 0 Å². The van der Waals surface area contributed by atoms with E-state index in [4.69, 9.17) is 5.11 Å². The van der Waals surface area contributed by atoms with Crippen molar-refractivity contribution in [1.82, 2.24) is 5.32 Å². The van der Waals surface area contributed by atoms with Crippen LogP contribution in [0, 0.1) is 11.8 Å². The van der Waals surface area contributed by atoms with Gasteiger partial charge in [-0.25, -0.2) is 0 Å². The molecule has 1 amide bonds. The van der Waals surface area contributed by atoms with Crippen molar-refractivity contribution in [3.63, 3.8) is 0 Å². The minimum absolute atomic E-state index is 0.304. The van der Waals surface area contributed by atoms with Crippen molar-refractivity contribution in [3.05, 3.63) is 35.4 Å². The molecule has 0 aliphatic rings. The molecule has 0 spiro atoms. The number of hydrogen-bond acceptors (Lipinski definition) is 4. The fourth-order valence-corrected chi connectivity index (χ4v) is 1.69. The lowest BCUT2D eigenvalue weighted by Crippen LogP contribution is -2.42. The number of Topliss-reactive ketones (excluding diaryl/α,β-unsaturated/α-hetero) is 1. The van der Waals surface area contributed by atoms with Crippen LogP contribution in [-0.2, 0) is 9.59 Å². The summed E-state index contributed by atoms with van der Waals surface area (Å²) in [6.45, 7) is 0.875. The van der Waals surface area contributed by atoms with E-state index in [2.05, 4.69) is 17.2 Å². The Hall–Kier alpha value is -2.45. The van der Waals surface area contributed by atoms with Gasteiger partial charge in [0.25, 0.3) is 5.91 Å². The van der Waals surface area contributed by atoms with Gasteiger partial charge in [-0.05, 0) is 31.5 Å². The summed E-state index contributed by atoms with van der Waals surface area (Å²) in [4.78, 5) is 33.4. The minimum atomic E-state index is -0.898. The molecule has 0 aromatic heterocycles. The number of carbonyl (C=O) groups is 3. The van der Waals surface area contributed by atoms with E-state index in [1.165, 1.54) is 6.92 Å². The number of hydrogen-bond donors (Lipinski definition) is 2. The smallest absolute Gasteiger partial charge is 0.251 e. The highest BCUT2D eigenvalue weighted by molar-refractivity contribution is 5.97. The lowest BCUT2D eigenvalue weighted by atomic mass is 10.1. The third-order valence-corrected chi connectivity index (χ3v) is 2.96. The third-order valence-electron chi connectivity index (χ3n) is 2.96. The highest BCUT2D eigenvalue weighted by atomic mass is 16.3. The van der Waals surface area contributed by atoms with Crippen LogP contribution in [0.1, 0.15) is 42.1 Å². The Balaban J connectivity index is 2.72. The summed E-state index contributed by atoms with van der Waals surface area (Å²) in [7, 11) is 0. The maximum absolute atomic E-state index is 12.0. The van der Waals surface area contributed by atoms with Gasteiger partial charge in [0.1, 0.15) is 12.3 Å². The van der Waals surface area contributed by atoms with Crippen molar-refractivity contribution >= 4 is 18.0 Å². The Morgan fingerprint density at radius 2 is 2.18 bits per heavy atom. The fourth-order valence-electron chi connectivity index (χ4n) is 1.69. The zero-order valence-electron chi connectivity index (χ0n) is 12.5. The van der Waals surface area contributed by atoms with Crippen molar-refractivity contribution in [1.29, 1.82) is 0 Å². The van der Waals surface area contributed by atoms with Crippen LogP contribution in [-0.4, -0.2) is 35.7 Å². The number of amides is 1. The van der Waals surface area contributed by atoms with Gasteiger partial charge >= 0.3 is 0 Å². The van der Waals surface area contributed by atoms with Gasteiger partial charge in [-0.1, -0.05) is 17.9 Å². The van der Waals surface area contributed by atoms with E-state index < -0.39 is 18.6 Å². The van der Waals surface area contributed by atoms with Gasteiger partial charge in [-0.3, -0.25) is 9.59 Å². The van der Waals surface area contributed by atoms with E-state index in [0.29, 0.717) is 30.4 Å². The Bertz CT molecular complexity index is 598.